The van der Waals surface area contributed by atoms with Crippen LogP contribution in [0.25, 0.3) is 0 Å². The number of amides is 1. The summed E-state index contributed by atoms with van der Waals surface area (Å²) in [5.74, 6) is -0.418. The molecule has 0 aliphatic carbocycles. The number of carbonyl (C=O) groups excluding carboxylic acids is 2. The third-order valence-electron chi connectivity index (χ3n) is 2.82. The van der Waals surface area contributed by atoms with Gasteiger partial charge in [0.15, 0.2) is 0 Å². The summed E-state index contributed by atoms with van der Waals surface area (Å²) in [6.45, 7) is 4.55. The quantitative estimate of drug-likeness (QED) is 0.782. The highest BCUT2D eigenvalue weighted by molar-refractivity contribution is 7.14. The molecule has 0 spiro atoms. The zero-order valence-electron chi connectivity index (χ0n) is 11.7. The average molecular weight is 283 g/mol. The molecule has 5 heteroatoms. The zero-order chi connectivity index (χ0) is 14.3. The SMILES string of the molecule is CCCc1sc(C(=O)NCCC(=O)OC)cc1CC. The van der Waals surface area contributed by atoms with E-state index < -0.39 is 0 Å². The van der Waals surface area contributed by atoms with Crippen molar-refractivity contribution >= 4 is 23.2 Å². The minimum absolute atomic E-state index is 0.106. The molecule has 106 valence electrons. The first-order valence-electron chi connectivity index (χ1n) is 6.58. The summed E-state index contributed by atoms with van der Waals surface area (Å²) in [4.78, 5) is 24.9. The molecule has 0 aromatic carbocycles. The van der Waals surface area contributed by atoms with Gasteiger partial charge in [-0.05, 0) is 24.5 Å². The van der Waals surface area contributed by atoms with Gasteiger partial charge in [0.25, 0.3) is 5.91 Å². The van der Waals surface area contributed by atoms with Crippen molar-refractivity contribution in [2.45, 2.75) is 39.5 Å². The Balaban J connectivity index is 2.59. The molecule has 0 radical (unpaired) electrons. The van der Waals surface area contributed by atoms with Gasteiger partial charge in [-0.1, -0.05) is 20.3 Å². The van der Waals surface area contributed by atoms with Crippen molar-refractivity contribution in [1.29, 1.82) is 0 Å². The topological polar surface area (TPSA) is 55.4 Å². The first kappa shape index (κ1) is 15.7. The smallest absolute Gasteiger partial charge is 0.307 e. The van der Waals surface area contributed by atoms with Crippen LogP contribution in [0, 0.1) is 0 Å². The van der Waals surface area contributed by atoms with Crippen LogP contribution in [0.2, 0.25) is 0 Å². The maximum atomic E-state index is 11.9. The number of methoxy groups -OCH3 is 1. The van der Waals surface area contributed by atoms with Crippen molar-refractivity contribution < 1.29 is 14.3 Å². The van der Waals surface area contributed by atoms with E-state index in [1.54, 1.807) is 11.3 Å². The molecule has 1 aromatic rings. The molecule has 0 bridgehead atoms. The Morgan fingerprint density at radius 3 is 2.68 bits per heavy atom. The van der Waals surface area contributed by atoms with Crippen molar-refractivity contribution in [3.8, 4) is 0 Å². The third-order valence-corrected chi connectivity index (χ3v) is 4.06. The van der Waals surface area contributed by atoms with E-state index in [9.17, 15) is 9.59 Å². The van der Waals surface area contributed by atoms with Gasteiger partial charge in [-0.15, -0.1) is 11.3 Å². The number of thiophene rings is 1. The summed E-state index contributed by atoms with van der Waals surface area (Å²) in [5.41, 5.74) is 1.25. The van der Waals surface area contributed by atoms with Crippen molar-refractivity contribution in [3.05, 3.63) is 21.4 Å². The maximum Gasteiger partial charge on any atom is 0.307 e. The molecule has 1 rings (SSSR count). The van der Waals surface area contributed by atoms with Gasteiger partial charge < -0.3 is 10.1 Å². The van der Waals surface area contributed by atoms with Gasteiger partial charge >= 0.3 is 5.97 Å². The first-order valence-corrected chi connectivity index (χ1v) is 7.40. The largest absolute Gasteiger partial charge is 0.469 e. The second-order valence-corrected chi connectivity index (χ2v) is 5.38. The van der Waals surface area contributed by atoms with E-state index >= 15 is 0 Å². The molecular formula is C14H21NO3S. The molecule has 0 saturated carbocycles. The van der Waals surface area contributed by atoms with Crippen LogP contribution in [0.1, 0.15) is 46.8 Å². The molecule has 0 saturated heterocycles. The summed E-state index contributed by atoms with van der Waals surface area (Å²) in [6, 6.07) is 1.96. The van der Waals surface area contributed by atoms with Gasteiger partial charge in [-0.3, -0.25) is 9.59 Å². The monoisotopic (exact) mass is 283 g/mol. The fourth-order valence-corrected chi connectivity index (χ4v) is 3.06. The number of nitrogens with one attached hydrogen (secondary N) is 1. The summed E-state index contributed by atoms with van der Waals surface area (Å²) >= 11 is 1.55. The Morgan fingerprint density at radius 1 is 1.37 bits per heavy atom. The lowest BCUT2D eigenvalue weighted by molar-refractivity contribution is -0.140. The highest BCUT2D eigenvalue weighted by Crippen LogP contribution is 2.24. The Bertz CT molecular complexity index is 440. The van der Waals surface area contributed by atoms with Crippen LogP contribution in [0.4, 0.5) is 0 Å². The molecule has 0 unspecified atom stereocenters. The molecule has 1 N–H and O–H groups in total. The summed E-state index contributed by atoms with van der Waals surface area (Å²) in [7, 11) is 1.34. The predicted octanol–water partition coefficient (Wildman–Crippen LogP) is 2.56. The number of ether oxygens (including phenoxy) is 1. The van der Waals surface area contributed by atoms with Gasteiger partial charge in [0.05, 0.1) is 18.4 Å². The molecule has 1 aromatic heterocycles. The Kier molecular flexibility index (Phi) is 6.56. The fourth-order valence-electron chi connectivity index (χ4n) is 1.78. The van der Waals surface area contributed by atoms with Crippen LogP contribution in [0.15, 0.2) is 6.07 Å². The van der Waals surface area contributed by atoms with Crippen molar-refractivity contribution in [2.24, 2.45) is 0 Å². The van der Waals surface area contributed by atoms with Crippen LogP contribution in [-0.2, 0) is 22.4 Å². The number of esters is 1. The highest BCUT2D eigenvalue weighted by atomic mass is 32.1. The Labute approximate surface area is 118 Å². The second-order valence-electron chi connectivity index (χ2n) is 4.24. The van der Waals surface area contributed by atoms with Crippen LogP contribution in [0.5, 0.6) is 0 Å². The molecule has 4 nitrogen and oxygen atoms in total. The molecule has 0 aliphatic rings. The summed E-state index contributed by atoms with van der Waals surface area (Å²) in [6.07, 6.45) is 3.25. The van der Waals surface area contributed by atoms with E-state index in [0.29, 0.717) is 6.54 Å². The molecule has 19 heavy (non-hydrogen) atoms. The van der Waals surface area contributed by atoms with E-state index in [2.05, 4.69) is 23.9 Å². The van der Waals surface area contributed by atoms with Crippen LogP contribution in [-0.4, -0.2) is 25.5 Å². The predicted molar refractivity (Wildman–Crippen MR) is 76.7 cm³/mol. The normalized spacial score (nSPS) is 10.3. The first-order chi connectivity index (χ1) is 9.12. The van der Waals surface area contributed by atoms with Crippen LogP contribution < -0.4 is 5.32 Å². The van der Waals surface area contributed by atoms with E-state index in [-0.39, 0.29) is 18.3 Å². The Morgan fingerprint density at radius 2 is 2.11 bits per heavy atom. The van der Waals surface area contributed by atoms with E-state index in [0.717, 1.165) is 24.1 Å². The Hall–Kier alpha value is -1.36. The van der Waals surface area contributed by atoms with Crippen molar-refractivity contribution in [2.75, 3.05) is 13.7 Å². The highest BCUT2D eigenvalue weighted by Gasteiger charge is 2.13. The second kappa shape index (κ2) is 7.94. The van der Waals surface area contributed by atoms with E-state index in [1.165, 1.54) is 17.6 Å². The van der Waals surface area contributed by atoms with Crippen LogP contribution >= 0.6 is 11.3 Å². The minimum Gasteiger partial charge on any atom is -0.469 e. The number of rotatable bonds is 7. The lowest BCUT2D eigenvalue weighted by atomic mass is 10.1. The molecule has 0 fully saturated rings. The number of carbonyl (C=O) groups is 2. The fraction of sp³-hybridized carbons (Fsp3) is 0.571. The zero-order valence-corrected chi connectivity index (χ0v) is 12.6. The van der Waals surface area contributed by atoms with E-state index in [1.807, 2.05) is 6.07 Å². The number of aryl methyl sites for hydroxylation is 2. The number of hydrogen-bond acceptors (Lipinski definition) is 4. The summed E-state index contributed by atoms with van der Waals surface area (Å²) < 4.78 is 4.52. The van der Waals surface area contributed by atoms with Crippen LogP contribution in [0.3, 0.4) is 0 Å². The van der Waals surface area contributed by atoms with Gasteiger partial charge in [0.1, 0.15) is 0 Å². The molecule has 0 atom stereocenters. The van der Waals surface area contributed by atoms with Gasteiger partial charge in [0.2, 0.25) is 0 Å². The van der Waals surface area contributed by atoms with Crippen molar-refractivity contribution in [1.82, 2.24) is 5.32 Å². The molecule has 0 aliphatic heterocycles. The molecule has 1 heterocycles. The number of hydrogen-bond donors (Lipinski definition) is 1. The van der Waals surface area contributed by atoms with E-state index in [4.69, 9.17) is 0 Å². The van der Waals surface area contributed by atoms with Gasteiger partial charge in [0, 0.05) is 11.4 Å². The minimum atomic E-state index is -0.313. The molecule has 1 amide bonds. The lowest BCUT2D eigenvalue weighted by Crippen LogP contribution is -2.25. The maximum absolute atomic E-state index is 11.9. The van der Waals surface area contributed by atoms with Crippen molar-refractivity contribution in [3.63, 3.8) is 0 Å². The summed E-state index contributed by atoms with van der Waals surface area (Å²) in [5, 5.41) is 2.74. The van der Waals surface area contributed by atoms with Gasteiger partial charge in [-0.25, -0.2) is 0 Å². The lowest BCUT2D eigenvalue weighted by Gasteiger charge is -2.02. The standard InChI is InChI=1S/C14H21NO3S/c1-4-6-11-10(5-2)9-12(19-11)14(17)15-8-7-13(16)18-3/h9H,4-8H2,1-3H3,(H,15,17). The average Bonchev–Trinajstić information content (AvgIpc) is 2.82. The van der Waals surface area contributed by atoms with Gasteiger partial charge in [-0.2, -0.15) is 0 Å². The third kappa shape index (κ3) is 4.67. The molecular weight excluding hydrogens is 262 g/mol.